The monoisotopic (exact) mass is 676 g/mol. The lowest BCUT2D eigenvalue weighted by Crippen LogP contribution is -2.15. The molecule has 0 bridgehead atoms. The quantitative estimate of drug-likeness (QED) is 0.138. The van der Waals surface area contributed by atoms with Crippen LogP contribution in [0.1, 0.15) is 115 Å². The number of methoxy groups -OCH3 is 1. The summed E-state index contributed by atoms with van der Waals surface area (Å²) in [4.78, 5) is 50.2. The number of ether oxygens (including phenoxy) is 4. The zero-order valence-electron chi connectivity index (χ0n) is 30.5. The van der Waals surface area contributed by atoms with Gasteiger partial charge in [0.05, 0.1) is 7.11 Å². The molecule has 10 heteroatoms. The van der Waals surface area contributed by atoms with E-state index in [2.05, 4.69) is 12.1 Å². The summed E-state index contributed by atoms with van der Waals surface area (Å²) in [6.07, 6.45) is 0. The Morgan fingerprint density at radius 1 is 0.620 bits per heavy atom. The number of carbonyl (C=O) groups excluding carboxylic acids is 4. The minimum absolute atomic E-state index is 0.0119. The topological polar surface area (TPSA) is 153 Å². The van der Waals surface area contributed by atoms with Gasteiger partial charge >= 0.3 is 23.9 Å². The minimum atomic E-state index is -0.731. The number of nitrogens with zero attached hydrogens (tertiary/aromatic N) is 2. The molecule has 4 rings (SSSR count). The van der Waals surface area contributed by atoms with E-state index in [1.54, 1.807) is 0 Å². The van der Waals surface area contributed by atoms with Gasteiger partial charge in [0.25, 0.3) is 0 Å². The van der Waals surface area contributed by atoms with Gasteiger partial charge in [0.2, 0.25) is 0 Å². The van der Waals surface area contributed by atoms with Crippen LogP contribution in [0.3, 0.4) is 0 Å². The number of carbonyl (C=O) groups is 4. The molecule has 0 aliphatic heterocycles. The van der Waals surface area contributed by atoms with Crippen LogP contribution in [0.2, 0.25) is 0 Å². The van der Waals surface area contributed by atoms with E-state index in [1.165, 1.54) is 27.9 Å². The Morgan fingerprint density at radius 2 is 1.00 bits per heavy atom. The summed E-state index contributed by atoms with van der Waals surface area (Å²) >= 11 is 0. The Balaban J connectivity index is 2.33. The van der Waals surface area contributed by atoms with Crippen LogP contribution in [-0.2, 0) is 19.1 Å². The number of nitriles is 2. The fourth-order valence-electron chi connectivity index (χ4n) is 7.20. The lowest BCUT2D eigenvalue weighted by molar-refractivity contribution is -0.134. The number of hydrogen-bond acceptors (Lipinski definition) is 10. The van der Waals surface area contributed by atoms with Crippen molar-refractivity contribution in [1.82, 2.24) is 0 Å². The zero-order chi connectivity index (χ0) is 37.5. The highest BCUT2D eigenvalue weighted by atomic mass is 16.6. The van der Waals surface area contributed by atoms with Gasteiger partial charge in [0.1, 0.15) is 28.8 Å². The summed E-state index contributed by atoms with van der Waals surface area (Å²) < 4.78 is 21.9. The van der Waals surface area contributed by atoms with E-state index in [9.17, 15) is 29.7 Å². The molecule has 0 aliphatic carbocycles. The number of benzene rings is 4. The van der Waals surface area contributed by atoms with Crippen LogP contribution in [0.5, 0.6) is 17.2 Å². The van der Waals surface area contributed by atoms with Crippen LogP contribution < -0.4 is 14.2 Å². The van der Waals surface area contributed by atoms with Gasteiger partial charge in [0, 0.05) is 37.1 Å². The van der Waals surface area contributed by atoms with Crippen molar-refractivity contribution < 1.29 is 38.1 Å². The predicted octanol–water partition coefficient (Wildman–Crippen LogP) is 8.45. The van der Waals surface area contributed by atoms with Crippen LogP contribution in [0, 0.1) is 50.4 Å². The van der Waals surface area contributed by atoms with Crippen molar-refractivity contribution in [3.8, 4) is 40.5 Å². The minimum Gasteiger partial charge on any atom is -0.465 e. The highest BCUT2D eigenvalue weighted by molar-refractivity contribution is 6.10. The molecule has 10 nitrogen and oxygen atoms in total. The van der Waals surface area contributed by atoms with Crippen LogP contribution in [0.25, 0.3) is 32.7 Å². The normalized spacial score (nSPS) is 11.0. The first-order valence-electron chi connectivity index (χ1n) is 16.1. The molecule has 258 valence electrons. The second-order valence-electron chi connectivity index (χ2n) is 13.0. The van der Waals surface area contributed by atoms with Crippen LogP contribution in [0.4, 0.5) is 0 Å². The molecule has 0 unspecified atom stereocenters. The molecular weight excluding hydrogens is 636 g/mol. The zero-order valence-corrected chi connectivity index (χ0v) is 30.5. The Morgan fingerprint density at radius 3 is 1.38 bits per heavy atom. The summed E-state index contributed by atoms with van der Waals surface area (Å²) in [5.41, 5.74) is 5.82. The van der Waals surface area contributed by atoms with Gasteiger partial charge in [0.15, 0.2) is 17.2 Å². The van der Waals surface area contributed by atoms with E-state index in [0.29, 0.717) is 43.8 Å². The highest BCUT2D eigenvalue weighted by Crippen LogP contribution is 2.50. The first kappa shape index (κ1) is 37.1. The summed E-state index contributed by atoms with van der Waals surface area (Å²) in [5.74, 6) is -3.46. The smallest absolute Gasteiger partial charge is 0.342 e. The molecule has 0 aromatic heterocycles. The molecule has 0 spiro atoms. The molecule has 4 aromatic rings. The number of rotatable bonds is 7. The molecule has 0 heterocycles. The third-order valence-corrected chi connectivity index (χ3v) is 8.79. The van der Waals surface area contributed by atoms with Gasteiger partial charge in [-0.05, 0) is 89.2 Å². The molecule has 0 amide bonds. The van der Waals surface area contributed by atoms with Gasteiger partial charge in [-0.1, -0.05) is 39.8 Å². The van der Waals surface area contributed by atoms with Crippen molar-refractivity contribution in [3.63, 3.8) is 0 Å². The SMILES string of the molecule is COC(=O)c1c(OC(C)=O)c(C#N)c2c(C)c(-c3c(C)cc4c(C(C)C)c(OC(C)=O)c(OC(C)=O)c(C#N)c4c3C)c(C)cc2c1C(C)C. The molecule has 50 heavy (non-hydrogen) atoms. The summed E-state index contributed by atoms with van der Waals surface area (Å²) in [7, 11) is 1.23. The lowest BCUT2D eigenvalue weighted by atomic mass is 9.79. The maximum absolute atomic E-state index is 13.2. The van der Waals surface area contributed by atoms with Gasteiger partial charge in [-0.3, -0.25) is 14.4 Å². The van der Waals surface area contributed by atoms with E-state index in [-0.39, 0.29) is 45.8 Å². The second-order valence-corrected chi connectivity index (χ2v) is 13.0. The first-order chi connectivity index (χ1) is 23.4. The fourth-order valence-corrected chi connectivity index (χ4v) is 7.20. The average Bonchev–Trinajstić information content (AvgIpc) is 3.01. The van der Waals surface area contributed by atoms with E-state index in [0.717, 1.165) is 22.3 Å². The number of fused-ring (bicyclic) bond motifs is 2. The van der Waals surface area contributed by atoms with Gasteiger partial charge in [-0.15, -0.1) is 0 Å². The maximum Gasteiger partial charge on any atom is 0.342 e. The summed E-state index contributed by atoms with van der Waals surface area (Å²) in [5, 5.41) is 23.5. The third kappa shape index (κ3) is 6.14. The number of aryl methyl sites for hydroxylation is 4. The van der Waals surface area contributed by atoms with Crippen LogP contribution >= 0.6 is 0 Å². The van der Waals surface area contributed by atoms with Crippen LogP contribution in [0.15, 0.2) is 12.1 Å². The molecule has 0 fully saturated rings. The number of hydrogen-bond donors (Lipinski definition) is 0. The lowest BCUT2D eigenvalue weighted by Gasteiger charge is -2.26. The van der Waals surface area contributed by atoms with Gasteiger partial charge < -0.3 is 18.9 Å². The van der Waals surface area contributed by atoms with Crippen molar-refractivity contribution >= 4 is 45.4 Å². The molecular formula is C40H40N2O8. The summed E-state index contributed by atoms with van der Waals surface area (Å²) in [6.45, 7) is 18.9. The van der Waals surface area contributed by atoms with Gasteiger partial charge in [-0.2, -0.15) is 10.5 Å². The third-order valence-electron chi connectivity index (χ3n) is 8.79. The standard InChI is InChI=1S/C40H40N2O8/c1-17(2)30-26-13-19(5)32(21(7)34(26)28(15-41)37(48-23(9)43)36(30)40(46)47-12)33-20(6)14-27-31(18(3)4)39(50-25(11)45)38(49-24(10)44)29(16-42)35(27)22(33)8/h13-14,17-18H,1-12H3. The van der Waals surface area contributed by atoms with Crippen molar-refractivity contribution in [2.75, 3.05) is 7.11 Å². The fraction of sp³-hybridized carbons (Fsp3) is 0.350. The Hall–Kier alpha value is -5.74. The van der Waals surface area contributed by atoms with E-state index in [1.807, 2.05) is 67.5 Å². The van der Waals surface area contributed by atoms with E-state index >= 15 is 0 Å². The van der Waals surface area contributed by atoms with Crippen molar-refractivity contribution in [1.29, 1.82) is 10.5 Å². The van der Waals surface area contributed by atoms with E-state index in [4.69, 9.17) is 18.9 Å². The van der Waals surface area contributed by atoms with E-state index < -0.39 is 23.9 Å². The number of esters is 4. The van der Waals surface area contributed by atoms with Crippen molar-refractivity contribution in [2.24, 2.45) is 0 Å². The maximum atomic E-state index is 13.2. The summed E-state index contributed by atoms with van der Waals surface area (Å²) in [6, 6.07) is 8.24. The second kappa shape index (κ2) is 14.0. The molecule has 0 aliphatic rings. The van der Waals surface area contributed by atoms with Gasteiger partial charge in [-0.25, -0.2) is 4.79 Å². The molecule has 0 radical (unpaired) electrons. The first-order valence-corrected chi connectivity index (χ1v) is 16.1. The van der Waals surface area contributed by atoms with Crippen molar-refractivity contribution in [2.45, 2.75) is 88.0 Å². The van der Waals surface area contributed by atoms with Crippen LogP contribution in [-0.4, -0.2) is 31.0 Å². The predicted molar refractivity (Wildman–Crippen MR) is 189 cm³/mol. The Kier molecular flexibility index (Phi) is 10.4. The molecule has 0 saturated carbocycles. The Labute approximate surface area is 291 Å². The Bertz CT molecular complexity index is 2250. The molecule has 0 N–H and O–H groups in total. The highest BCUT2D eigenvalue weighted by Gasteiger charge is 2.32. The molecule has 4 aromatic carbocycles. The molecule has 0 saturated heterocycles. The average molecular weight is 677 g/mol. The molecule has 0 atom stereocenters. The van der Waals surface area contributed by atoms with Crippen molar-refractivity contribution in [3.05, 3.63) is 62.2 Å². The largest absolute Gasteiger partial charge is 0.465 e.